The maximum absolute atomic E-state index is 12.5. The maximum Gasteiger partial charge on any atom is 0.269 e. The molecule has 0 bridgehead atoms. The van der Waals surface area contributed by atoms with Crippen LogP contribution in [-0.2, 0) is 11.4 Å². The molecule has 31 heavy (non-hydrogen) atoms. The lowest BCUT2D eigenvalue weighted by Crippen LogP contribution is -2.22. The normalized spacial score (nSPS) is 24.5. The smallest absolute Gasteiger partial charge is 0.269 e. The van der Waals surface area contributed by atoms with E-state index in [4.69, 9.17) is 4.74 Å². The molecule has 2 saturated carbocycles. The first-order chi connectivity index (χ1) is 14.9. The molecule has 0 heterocycles. The van der Waals surface area contributed by atoms with Crippen molar-refractivity contribution in [2.24, 2.45) is 22.4 Å². The van der Waals surface area contributed by atoms with E-state index in [9.17, 15) is 14.9 Å². The van der Waals surface area contributed by atoms with Crippen molar-refractivity contribution in [3.05, 3.63) is 68.2 Å². The fraction of sp³-hybridized carbons (Fsp3) is 0.391. The minimum Gasteiger partial charge on any atom is -0.488 e. The highest BCUT2D eigenvalue weighted by atomic mass is 79.9. The zero-order chi connectivity index (χ0) is 22.0. The van der Waals surface area contributed by atoms with Crippen LogP contribution < -0.4 is 10.2 Å². The summed E-state index contributed by atoms with van der Waals surface area (Å²) in [6.07, 6.45) is 6.34. The van der Waals surface area contributed by atoms with Crippen molar-refractivity contribution in [1.82, 2.24) is 5.43 Å². The fourth-order valence-electron chi connectivity index (χ4n) is 4.68. The Morgan fingerprint density at radius 2 is 2.10 bits per heavy atom. The molecule has 0 radical (unpaired) electrons. The van der Waals surface area contributed by atoms with Crippen LogP contribution in [0.3, 0.4) is 0 Å². The molecule has 2 aliphatic carbocycles. The van der Waals surface area contributed by atoms with E-state index in [1.54, 1.807) is 18.3 Å². The molecule has 2 aromatic carbocycles. The summed E-state index contributed by atoms with van der Waals surface area (Å²) in [6, 6.07) is 11.8. The number of carbonyl (C=O) groups is 1. The first kappa shape index (κ1) is 21.5. The number of fused-ring (bicyclic) bond motifs is 1. The summed E-state index contributed by atoms with van der Waals surface area (Å²) < 4.78 is 6.55. The number of rotatable bonds is 7. The van der Waals surface area contributed by atoms with Gasteiger partial charge >= 0.3 is 0 Å². The number of amides is 1. The molecular weight excluding hydrogens is 462 g/mol. The van der Waals surface area contributed by atoms with Gasteiger partial charge in [-0.1, -0.05) is 19.8 Å². The Morgan fingerprint density at radius 3 is 2.74 bits per heavy atom. The Morgan fingerprint density at radius 1 is 1.32 bits per heavy atom. The summed E-state index contributed by atoms with van der Waals surface area (Å²) in [6.45, 7) is 2.51. The molecule has 3 unspecified atom stereocenters. The van der Waals surface area contributed by atoms with Gasteiger partial charge in [-0.3, -0.25) is 14.9 Å². The molecule has 162 valence electrons. The number of nitro benzene ring substituents is 1. The average Bonchev–Trinajstić information content (AvgIpc) is 3.39. The predicted octanol–water partition coefficient (Wildman–Crippen LogP) is 5.21. The lowest BCUT2D eigenvalue weighted by molar-refractivity contribution is -0.384. The fourth-order valence-corrected chi connectivity index (χ4v) is 5.19. The molecule has 2 fully saturated rings. The van der Waals surface area contributed by atoms with Crippen molar-refractivity contribution in [3.63, 3.8) is 0 Å². The van der Waals surface area contributed by atoms with Crippen LogP contribution >= 0.6 is 15.9 Å². The van der Waals surface area contributed by atoms with Gasteiger partial charge in [-0.05, 0) is 81.6 Å². The minimum absolute atomic E-state index is 0.0211. The highest BCUT2D eigenvalue weighted by Crippen LogP contribution is 2.66. The van der Waals surface area contributed by atoms with E-state index in [0.717, 1.165) is 28.4 Å². The highest BCUT2D eigenvalue weighted by molar-refractivity contribution is 9.10. The van der Waals surface area contributed by atoms with Gasteiger partial charge in [0.2, 0.25) is 5.91 Å². The second kappa shape index (κ2) is 8.78. The van der Waals surface area contributed by atoms with Crippen molar-refractivity contribution in [2.75, 3.05) is 0 Å². The Bertz CT molecular complexity index is 1020. The summed E-state index contributed by atoms with van der Waals surface area (Å²) in [4.78, 5) is 22.8. The van der Waals surface area contributed by atoms with Gasteiger partial charge in [0.25, 0.3) is 5.69 Å². The van der Waals surface area contributed by atoms with Crippen molar-refractivity contribution >= 4 is 33.7 Å². The number of carbonyl (C=O) groups excluding carboxylic acids is 1. The third-order valence-corrected chi connectivity index (χ3v) is 7.12. The first-order valence-electron chi connectivity index (χ1n) is 10.4. The van der Waals surface area contributed by atoms with E-state index >= 15 is 0 Å². The van der Waals surface area contributed by atoms with E-state index in [1.807, 2.05) is 18.2 Å². The van der Waals surface area contributed by atoms with Gasteiger partial charge < -0.3 is 4.74 Å². The van der Waals surface area contributed by atoms with Crippen LogP contribution in [0.25, 0.3) is 0 Å². The van der Waals surface area contributed by atoms with Gasteiger partial charge in [0.05, 0.1) is 15.6 Å². The third-order valence-electron chi connectivity index (χ3n) is 6.50. The summed E-state index contributed by atoms with van der Waals surface area (Å²) in [5.41, 5.74) is 4.59. The second-order valence-electron chi connectivity index (χ2n) is 8.47. The zero-order valence-electron chi connectivity index (χ0n) is 17.2. The topological polar surface area (TPSA) is 93.8 Å². The molecule has 1 N–H and O–H groups in total. The molecule has 1 amide bonds. The predicted molar refractivity (Wildman–Crippen MR) is 121 cm³/mol. The lowest BCUT2D eigenvalue weighted by Gasteiger charge is -2.15. The molecule has 2 aromatic rings. The van der Waals surface area contributed by atoms with Crippen LogP contribution in [-0.4, -0.2) is 17.0 Å². The zero-order valence-corrected chi connectivity index (χ0v) is 18.8. The highest BCUT2D eigenvalue weighted by Gasteiger charge is 2.64. The Kier molecular flexibility index (Phi) is 6.09. The van der Waals surface area contributed by atoms with Crippen LogP contribution in [0.2, 0.25) is 0 Å². The van der Waals surface area contributed by atoms with Gasteiger partial charge in [0.1, 0.15) is 12.4 Å². The number of non-ortho nitro benzene ring substituents is 1. The molecule has 0 saturated heterocycles. The molecule has 8 heteroatoms. The number of nitrogens with zero attached hydrogens (tertiary/aromatic N) is 2. The number of hydrogen-bond donors (Lipinski definition) is 1. The number of benzene rings is 2. The van der Waals surface area contributed by atoms with Gasteiger partial charge in [0, 0.05) is 18.1 Å². The quantitative estimate of drug-likeness (QED) is 0.330. The third kappa shape index (κ3) is 4.63. The summed E-state index contributed by atoms with van der Waals surface area (Å²) in [7, 11) is 0. The van der Waals surface area contributed by atoms with E-state index in [0.29, 0.717) is 18.3 Å². The van der Waals surface area contributed by atoms with E-state index < -0.39 is 4.92 Å². The average molecular weight is 486 g/mol. The Hall–Kier alpha value is -2.74. The molecule has 2 aliphatic rings. The standard InChI is InChI=1S/C23H24BrN3O4/c1-23-11-3-2-4-18(23)21(23)22(28)26-25-13-16-7-10-20(19(24)12-16)31-14-15-5-8-17(9-6-15)27(29)30/h5-10,12-13,18,21H,2-4,11,14H2,1H3,(H,26,28). The van der Waals surface area contributed by atoms with Crippen LogP contribution in [0.15, 0.2) is 52.0 Å². The monoisotopic (exact) mass is 485 g/mol. The van der Waals surface area contributed by atoms with Crippen molar-refractivity contribution in [1.29, 1.82) is 0 Å². The minimum atomic E-state index is -0.429. The number of ether oxygens (including phenoxy) is 1. The van der Waals surface area contributed by atoms with E-state index in [2.05, 4.69) is 33.4 Å². The number of nitro groups is 1. The largest absolute Gasteiger partial charge is 0.488 e. The first-order valence-corrected chi connectivity index (χ1v) is 11.2. The molecule has 0 aliphatic heterocycles. The number of hydrogen-bond acceptors (Lipinski definition) is 5. The van der Waals surface area contributed by atoms with Gasteiger partial charge in [0.15, 0.2) is 0 Å². The van der Waals surface area contributed by atoms with Crippen LogP contribution in [0, 0.1) is 27.4 Å². The summed E-state index contributed by atoms with van der Waals surface area (Å²) >= 11 is 3.49. The number of nitrogens with one attached hydrogen (secondary N) is 1. The molecule has 4 rings (SSSR count). The van der Waals surface area contributed by atoms with Crippen LogP contribution in [0.4, 0.5) is 5.69 Å². The lowest BCUT2D eigenvalue weighted by atomic mass is 9.90. The van der Waals surface area contributed by atoms with Crippen LogP contribution in [0.5, 0.6) is 5.75 Å². The second-order valence-corrected chi connectivity index (χ2v) is 9.33. The van der Waals surface area contributed by atoms with Crippen molar-refractivity contribution in [3.8, 4) is 5.75 Å². The molecule has 0 aromatic heterocycles. The summed E-state index contributed by atoms with van der Waals surface area (Å²) in [5, 5.41) is 14.9. The molecule has 0 spiro atoms. The maximum atomic E-state index is 12.5. The number of hydrazone groups is 1. The van der Waals surface area contributed by atoms with Crippen LogP contribution in [0.1, 0.15) is 43.7 Å². The molecule has 7 nitrogen and oxygen atoms in total. The van der Waals surface area contributed by atoms with Crippen molar-refractivity contribution < 1.29 is 14.5 Å². The van der Waals surface area contributed by atoms with Gasteiger partial charge in [-0.15, -0.1) is 0 Å². The van der Waals surface area contributed by atoms with E-state index in [1.165, 1.54) is 25.0 Å². The SMILES string of the molecule is CC12CCCCC1C2C(=O)NN=Cc1ccc(OCc2ccc([N+](=O)[O-])cc2)c(Br)c1. The molecular formula is C23H24BrN3O4. The van der Waals surface area contributed by atoms with E-state index in [-0.39, 0.29) is 22.9 Å². The Balaban J connectivity index is 1.30. The Labute approximate surface area is 189 Å². The van der Waals surface area contributed by atoms with Crippen molar-refractivity contribution in [2.45, 2.75) is 39.2 Å². The summed E-state index contributed by atoms with van der Waals surface area (Å²) in [5.74, 6) is 1.27. The van der Waals surface area contributed by atoms with Gasteiger partial charge in [-0.2, -0.15) is 5.10 Å². The number of halogens is 1. The van der Waals surface area contributed by atoms with Gasteiger partial charge in [-0.25, -0.2) is 5.43 Å². The molecule has 3 atom stereocenters.